The Morgan fingerprint density at radius 1 is 0.750 bits per heavy atom. The summed E-state index contributed by atoms with van der Waals surface area (Å²) in [6.07, 6.45) is 3.53. The molecule has 0 unspecified atom stereocenters. The van der Waals surface area contributed by atoms with Crippen LogP contribution in [-0.2, 0) is 25.9 Å². The minimum Gasteiger partial charge on any atom is -0.295 e. The Morgan fingerprint density at radius 3 is 1.65 bits per heavy atom. The maximum Gasteiger partial charge on any atom is 0.0240 e. The summed E-state index contributed by atoms with van der Waals surface area (Å²) in [6, 6.07) is 17.9. The molecule has 0 fully saturated rings. The van der Waals surface area contributed by atoms with E-state index < -0.39 is 0 Å². The second-order valence-corrected chi connectivity index (χ2v) is 5.75. The molecular weight excluding hydrogens is 242 g/mol. The van der Waals surface area contributed by atoms with Gasteiger partial charge in [0.25, 0.3) is 0 Å². The summed E-state index contributed by atoms with van der Waals surface area (Å²) in [7, 11) is 0. The molecule has 1 aliphatic rings. The van der Waals surface area contributed by atoms with E-state index in [9.17, 15) is 0 Å². The number of fused-ring (bicyclic) bond motifs is 2. The van der Waals surface area contributed by atoms with E-state index in [1.165, 1.54) is 35.2 Å². The predicted octanol–water partition coefficient (Wildman–Crippen LogP) is 4.20. The lowest BCUT2D eigenvalue weighted by molar-refractivity contribution is 0.257. The standard InChI is InChI=1S/C19H23N/c1-2-13-20-14-18-9-5-3-7-16(18)11-12-17-8-4-6-10-19(17)15-20/h3-10H,2,11-15H2,1H3. The lowest BCUT2D eigenvalue weighted by Crippen LogP contribution is -2.24. The van der Waals surface area contributed by atoms with Crippen LogP contribution in [0.25, 0.3) is 0 Å². The molecule has 2 aromatic carbocycles. The number of rotatable bonds is 2. The van der Waals surface area contributed by atoms with Crippen LogP contribution in [0.5, 0.6) is 0 Å². The van der Waals surface area contributed by atoms with Crippen LogP contribution in [0.3, 0.4) is 0 Å². The molecule has 0 amide bonds. The van der Waals surface area contributed by atoms with Gasteiger partial charge in [-0.1, -0.05) is 55.5 Å². The monoisotopic (exact) mass is 265 g/mol. The van der Waals surface area contributed by atoms with Gasteiger partial charge in [0.05, 0.1) is 0 Å². The Labute approximate surface area is 122 Å². The Bertz CT molecular complexity index is 524. The van der Waals surface area contributed by atoms with E-state index in [0.717, 1.165) is 25.9 Å². The molecule has 1 heterocycles. The second-order valence-electron chi connectivity index (χ2n) is 5.75. The summed E-state index contributed by atoms with van der Waals surface area (Å²) >= 11 is 0. The smallest absolute Gasteiger partial charge is 0.0240 e. The molecular formula is C19H23N. The Balaban J connectivity index is 1.97. The summed E-state index contributed by atoms with van der Waals surface area (Å²) in [5.41, 5.74) is 6.05. The van der Waals surface area contributed by atoms with Crippen molar-refractivity contribution in [2.75, 3.05) is 6.54 Å². The number of benzene rings is 2. The molecule has 0 spiro atoms. The van der Waals surface area contributed by atoms with Crippen LogP contribution in [0, 0.1) is 0 Å². The number of hydrogen-bond donors (Lipinski definition) is 0. The number of aryl methyl sites for hydroxylation is 2. The lowest BCUT2D eigenvalue weighted by atomic mass is 9.98. The Morgan fingerprint density at radius 2 is 1.20 bits per heavy atom. The first kappa shape index (κ1) is 13.4. The molecule has 3 rings (SSSR count). The van der Waals surface area contributed by atoms with E-state index >= 15 is 0 Å². The molecule has 20 heavy (non-hydrogen) atoms. The van der Waals surface area contributed by atoms with E-state index in [2.05, 4.69) is 60.4 Å². The van der Waals surface area contributed by atoms with Gasteiger partial charge in [-0.2, -0.15) is 0 Å². The fourth-order valence-corrected chi connectivity index (χ4v) is 3.19. The summed E-state index contributed by atoms with van der Waals surface area (Å²) in [4.78, 5) is 2.59. The maximum absolute atomic E-state index is 2.59. The molecule has 0 aromatic heterocycles. The van der Waals surface area contributed by atoms with E-state index in [0.29, 0.717) is 0 Å². The van der Waals surface area contributed by atoms with Crippen molar-refractivity contribution >= 4 is 0 Å². The van der Waals surface area contributed by atoms with Crippen LogP contribution in [0.2, 0.25) is 0 Å². The summed E-state index contributed by atoms with van der Waals surface area (Å²) in [5.74, 6) is 0. The third kappa shape index (κ3) is 2.94. The molecule has 0 aliphatic carbocycles. The molecule has 2 aromatic rings. The van der Waals surface area contributed by atoms with Crippen LogP contribution < -0.4 is 0 Å². The van der Waals surface area contributed by atoms with Crippen LogP contribution >= 0.6 is 0 Å². The molecule has 0 N–H and O–H groups in total. The Kier molecular flexibility index (Phi) is 4.17. The molecule has 1 heteroatoms. The summed E-state index contributed by atoms with van der Waals surface area (Å²) < 4.78 is 0. The molecule has 0 radical (unpaired) electrons. The molecule has 0 atom stereocenters. The highest BCUT2D eigenvalue weighted by Gasteiger charge is 2.14. The highest BCUT2D eigenvalue weighted by atomic mass is 15.1. The topological polar surface area (TPSA) is 3.24 Å². The van der Waals surface area contributed by atoms with Gasteiger partial charge in [-0.3, -0.25) is 4.90 Å². The highest BCUT2D eigenvalue weighted by Crippen LogP contribution is 2.22. The quantitative estimate of drug-likeness (QED) is 0.786. The second kappa shape index (κ2) is 6.23. The third-order valence-electron chi connectivity index (χ3n) is 4.23. The average molecular weight is 265 g/mol. The number of nitrogens with zero attached hydrogens (tertiary/aromatic N) is 1. The average Bonchev–Trinajstić information content (AvgIpc) is 2.54. The van der Waals surface area contributed by atoms with Crippen molar-refractivity contribution in [3.63, 3.8) is 0 Å². The van der Waals surface area contributed by atoms with Crippen molar-refractivity contribution in [1.29, 1.82) is 0 Å². The molecule has 104 valence electrons. The molecule has 1 aliphatic heterocycles. The summed E-state index contributed by atoms with van der Waals surface area (Å²) in [6.45, 7) is 5.60. The van der Waals surface area contributed by atoms with E-state index in [1.807, 2.05) is 0 Å². The zero-order valence-corrected chi connectivity index (χ0v) is 12.3. The molecule has 1 nitrogen and oxygen atoms in total. The maximum atomic E-state index is 2.59. The fourth-order valence-electron chi connectivity index (χ4n) is 3.19. The van der Waals surface area contributed by atoms with Crippen LogP contribution in [0.4, 0.5) is 0 Å². The van der Waals surface area contributed by atoms with Gasteiger partial charge in [-0.25, -0.2) is 0 Å². The molecule has 0 saturated carbocycles. The van der Waals surface area contributed by atoms with Crippen LogP contribution in [0.1, 0.15) is 35.6 Å². The van der Waals surface area contributed by atoms with Gasteiger partial charge in [-0.15, -0.1) is 0 Å². The SMILES string of the molecule is CCCN1Cc2ccccc2CCc2ccccc2C1. The normalized spacial score (nSPS) is 15.7. The first-order valence-electron chi connectivity index (χ1n) is 7.72. The van der Waals surface area contributed by atoms with Gasteiger partial charge >= 0.3 is 0 Å². The largest absolute Gasteiger partial charge is 0.295 e. The Hall–Kier alpha value is -1.60. The van der Waals surface area contributed by atoms with E-state index in [4.69, 9.17) is 0 Å². The zero-order chi connectivity index (χ0) is 13.8. The highest BCUT2D eigenvalue weighted by molar-refractivity contribution is 5.33. The lowest BCUT2D eigenvalue weighted by Gasteiger charge is -2.23. The minimum atomic E-state index is 1.08. The van der Waals surface area contributed by atoms with Crippen molar-refractivity contribution in [1.82, 2.24) is 4.90 Å². The summed E-state index contributed by atoms with van der Waals surface area (Å²) in [5, 5.41) is 0. The van der Waals surface area contributed by atoms with Gasteiger partial charge < -0.3 is 0 Å². The van der Waals surface area contributed by atoms with Crippen molar-refractivity contribution in [2.45, 2.75) is 39.3 Å². The fraction of sp³-hybridized carbons (Fsp3) is 0.368. The van der Waals surface area contributed by atoms with Crippen molar-refractivity contribution in [3.8, 4) is 0 Å². The van der Waals surface area contributed by atoms with Crippen LogP contribution in [-0.4, -0.2) is 11.4 Å². The van der Waals surface area contributed by atoms with Crippen molar-refractivity contribution in [3.05, 3.63) is 70.8 Å². The minimum absolute atomic E-state index is 1.08. The van der Waals surface area contributed by atoms with Gasteiger partial charge in [0.1, 0.15) is 0 Å². The van der Waals surface area contributed by atoms with E-state index in [-0.39, 0.29) is 0 Å². The van der Waals surface area contributed by atoms with Crippen molar-refractivity contribution in [2.24, 2.45) is 0 Å². The first-order valence-corrected chi connectivity index (χ1v) is 7.72. The van der Waals surface area contributed by atoms with Crippen LogP contribution in [0.15, 0.2) is 48.5 Å². The number of hydrogen-bond acceptors (Lipinski definition) is 1. The first-order chi connectivity index (χ1) is 9.86. The van der Waals surface area contributed by atoms with Gasteiger partial charge in [0.15, 0.2) is 0 Å². The predicted molar refractivity (Wildman–Crippen MR) is 84.7 cm³/mol. The van der Waals surface area contributed by atoms with E-state index in [1.54, 1.807) is 0 Å². The molecule has 0 saturated heterocycles. The third-order valence-corrected chi connectivity index (χ3v) is 4.23. The van der Waals surface area contributed by atoms with Gasteiger partial charge in [0, 0.05) is 13.1 Å². The van der Waals surface area contributed by atoms with Crippen molar-refractivity contribution < 1.29 is 0 Å². The van der Waals surface area contributed by atoms with Gasteiger partial charge in [0.2, 0.25) is 0 Å². The zero-order valence-electron chi connectivity index (χ0n) is 12.3. The molecule has 0 bridgehead atoms. The van der Waals surface area contributed by atoms with Gasteiger partial charge in [-0.05, 0) is 48.1 Å².